The van der Waals surface area contributed by atoms with Crippen LogP contribution in [0, 0.1) is 5.92 Å². The lowest BCUT2D eigenvalue weighted by Crippen LogP contribution is -2.65. The third kappa shape index (κ3) is 22.9. The van der Waals surface area contributed by atoms with E-state index in [0.717, 1.165) is 111 Å². The molecule has 9 amide bonds. The van der Waals surface area contributed by atoms with Crippen LogP contribution in [0.5, 0.6) is 69.0 Å². The van der Waals surface area contributed by atoms with Gasteiger partial charge in [-0.05, 0) is 157 Å². The number of aliphatic hydroxyl groups excluding tert-OH is 10. The quantitative estimate of drug-likeness (QED) is 0.0397. The van der Waals surface area contributed by atoms with Gasteiger partial charge in [0, 0.05) is 49.6 Å². The van der Waals surface area contributed by atoms with Crippen molar-refractivity contribution >= 4 is 76.4 Å². The number of phenolic OH excluding ortho intramolecular Hbond substituents is 4. The summed E-state index contributed by atoms with van der Waals surface area (Å²) in [5.74, 6) is -17.6. The van der Waals surface area contributed by atoms with Gasteiger partial charge in [0.05, 0.1) is 29.9 Å². The third-order valence-electron chi connectivity index (χ3n) is 24.5. The zero-order valence-corrected chi connectivity index (χ0v) is 76.4. The van der Waals surface area contributed by atoms with Gasteiger partial charge in [-0.25, -0.2) is 0 Å². The van der Waals surface area contributed by atoms with E-state index >= 15 is 28.8 Å². The van der Waals surface area contributed by atoms with E-state index in [4.69, 9.17) is 71.6 Å². The molecular weight excluding hydrogens is 1850 g/mol. The first kappa shape index (κ1) is 102. The van der Waals surface area contributed by atoms with E-state index in [1.165, 1.54) is 30.3 Å². The fourth-order valence-corrected chi connectivity index (χ4v) is 17.7. The number of carbonyl (C=O) groups is 9. The van der Waals surface area contributed by atoms with Crippen molar-refractivity contribution in [1.82, 2.24) is 52.8 Å². The molecule has 43 nitrogen and oxygen atoms in total. The maximum atomic E-state index is 17.2. The van der Waals surface area contributed by atoms with Crippen LogP contribution in [0.2, 0.25) is 10.0 Å². The Bertz CT molecular complexity index is 5710. The summed E-state index contributed by atoms with van der Waals surface area (Å²) in [7, 11) is 3.48. The van der Waals surface area contributed by atoms with Gasteiger partial charge < -0.3 is 173 Å². The second kappa shape index (κ2) is 43.9. The molecule has 23 atom stereocenters. The minimum absolute atomic E-state index is 0.0334. The molecule has 1 unspecified atom stereocenters. The maximum Gasteiger partial charge on any atom is 0.248 e. The van der Waals surface area contributed by atoms with Crippen molar-refractivity contribution in [2.24, 2.45) is 11.7 Å². The Morgan fingerprint density at radius 2 is 1.08 bits per heavy atom. The number of nitrogens with two attached hydrogens (primary N) is 1. The van der Waals surface area contributed by atoms with Crippen molar-refractivity contribution < 1.29 is 157 Å². The van der Waals surface area contributed by atoms with Crippen LogP contribution in [0.4, 0.5) is 0 Å². The SMILES string of the molecule is CC(=O)N[C@H]1[C@@H](O[C@@H]2c3ccc(c(Cl)c3)Oc3cc4cc(c3O[C@@H]3O[C@H](CO)[C@@H](O)[C@H](O)[C@H]3NC(=O)CCCCCCC(C)C)Oc3ccc(cc3Cl)C[C@H]3NC(=O)[C@H](N)c5ccc(O)c(c5)Oc5cc(O)cc(c5)[C@H](NC3=O)C(=O)N[C@H]4C(=O)N[C@H]3C(=O)N[C@@H]2C(=O)NC(C(=O)NCCCN(C)C)c2cc(O)cc(O[C@@H]4O[C@H](CO)[C@@H](O)[C@H](O)[C@@H]4O)c2-c2cc3ccc2O)O[C@H](CO)[C@@H](O)[C@@H]1O. The van der Waals surface area contributed by atoms with Crippen LogP contribution in [0.15, 0.2) is 115 Å². The summed E-state index contributed by atoms with van der Waals surface area (Å²) in [5, 5.41) is 184. The molecule has 7 aromatic carbocycles. The molecular formula is C93H109Cl2N11O32. The molecule has 9 heterocycles. The van der Waals surface area contributed by atoms with Crippen LogP contribution in [0.25, 0.3) is 11.1 Å². The van der Waals surface area contributed by atoms with Crippen LogP contribution < -0.4 is 77.3 Å². The Morgan fingerprint density at radius 3 is 1.72 bits per heavy atom. The van der Waals surface area contributed by atoms with E-state index in [0.29, 0.717) is 25.3 Å². The van der Waals surface area contributed by atoms with Crippen LogP contribution in [-0.4, -0.2) is 281 Å². The number of hydrogen-bond donors (Lipinski definition) is 24. The molecule has 7 aromatic rings. The molecule has 742 valence electrons. The van der Waals surface area contributed by atoms with Gasteiger partial charge in [-0.1, -0.05) is 87.0 Å². The minimum Gasteiger partial charge on any atom is -0.508 e. The van der Waals surface area contributed by atoms with Gasteiger partial charge in [0.1, 0.15) is 162 Å². The molecule has 0 saturated carbocycles. The standard InChI is InChI=1S/C93H109Cl2N11O32/c1-38(2)11-8-6-7-9-12-65(115)100-73-79(120)76(117)63(36-108)135-92(73)138-83-60-30-45-31-61(83)132-57-20-16-43(28-52(57)95)82(137-91-72(98-39(3)110)78(119)75(116)62(35-107)134-91)74-90(129)104-71(86(125)97-21-10-22-106(4)5)50-33-47(112)34-59(133-93-81(122)80(121)77(118)64(37-109)136-93)66(50)49-27-42(15-17-54(49)113)68(87(126)105-74)102-89(128)70(45)103-88(127)69-44-25-46(111)32-48(26-44)130-58-29-41(14-18-55(58)114)67(96)85(124)99-53(84(123)101-69)24-40-13-19-56(131-60)51(94)23-40/h13-20,23,25-34,38,53,62-64,67-82,91-93,107-109,111-114,116-122H,6-12,21-22,24,35-37,96H2,1-5H3,(H,97,125)(H,98,110)(H,99,124)(H,100,115)(H,101,123)(H,102,128)(H,103,127)(H,104,129)(H,105,126)/t53-,62-,63-,64-,67-,68-,69+,70-,71?,72-,73-,74+,75-,76-,77-,78-,79-,80+,81+,82-,91-,92+,93-/m1/s1. The van der Waals surface area contributed by atoms with Gasteiger partial charge in [-0.3, -0.25) is 43.2 Å². The van der Waals surface area contributed by atoms with E-state index < -0.39 is 304 Å². The second-order valence-electron chi connectivity index (χ2n) is 35.3. The number of phenols is 4. The number of ether oxygens (including phenoxy) is 9. The van der Waals surface area contributed by atoms with Crippen LogP contribution in [0.1, 0.15) is 141 Å². The zero-order valence-electron chi connectivity index (χ0n) is 74.9. The number of nitrogens with zero attached hydrogens (tertiary/aromatic N) is 1. The molecule has 9 aliphatic heterocycles. The lowest BCUT2D eigenvalue weighted by atomic mass is 9.89. The van der Waals surface area contributed by atoms with Crippen molar-refractivity contribution in [3.05, 3.63) is 164 Å². The molecule has 3 fully saturated rings. The Morgan fingerprint density at radius 1 is 0.514 bits per heavy atom. The predicted molar refractivity (Wildman–Crippen MR) is 482 cm³/mol. The molecule has 45 heteroatoms. The monoisotopic (exact) mass is 1960 g/mol. The summed E-state index contributed by atoms with van der Waals surface area (Å²) in [6, 6.07) is 1.95. The van der Waals surface area contributed by atoms with Crippen LogP contribution in [0.3, 0.4) is 0 Å². The fraction of sp³-hybridized carbons (Fsp3) is 0.452. The highest BCUT2D eigenvalue weighted by Gasteiger charge is 2.52. The number of benzene rings is 7. The highest BCUT2D eigenvalue weighted by molar-refractivity contribution is 6.32. The lowest BCUT2D eigenvalue weighted by molar-refractivity contribution is -0.284. The number of nitrogens with one attached hydrogen (secondary N) is 9. The summed E-state index contributed by atoms with van der Waals surface area (Å²) in [6.45, 7) is 2.23. The summed E-state index contributed by atoms with van der Waals surface area (Å²) >= 11 is 14.9. The van der Waals surface area contributed by atoms with E-state index in [-0.39, 0.29) is 63.9 Å². The van der Waals surface area contributed by atoms with Crippen molar-refractivity contribution in [3.63, 3.8) is 0 Å². The molecule has 138 heavy (non-hydrogen) atoms. The Balaban J connectivity index is 1.05. The lowest BCUT2D eigenvalue weighted by Gasteiger charge is -2.44. The van der Waals surface area contributed by atoms with Gasteiger partial charge in [0.15, 0.2) is 29.3 Å². The minimum atomic E-state index is -2.52. The highest BCUT2D eigenvalue weighted by atomic mass is 35.5. The number of carbonyl (C=O) groups excluding carboxylic acids is 9. The molecule has 9 aliphatic rings. The summed E-state index contributed by atoms with van der Waals surface area (Å²) in [5.41, 5.74) is 3.43. The van der Waals surface area contributed by atoms with Crippen molar-refractivity contribution in [1.29, 1.82) is 0 Å². The molecule has 16 rings (SSSR count). The summed E-state index contributed by atoms with van der Waals surface area (Å²) < 4.78 is 58.2. The normalized spacial score (nSPS) is 28.2. The average Bonchev–Trinajstić information content (AvgIpc) is 0.752. The van der Waals surface area contributed by atoms with Crippen molar-refractivity contribution in [3.8, 4) is 80.1 Å². The summed E-state index contributed by atoms with van der Waals surface area (Å²) in [6.07, 6.45) is -25.4. The average molecular weight is 1960 g/mol. The zero-order chi connectivity index (χ0) is 99.3. The first-order valence-corrected chi connectivity index (χ1v) is 45.3. The Kier molecular flexibility index (Phi) is 32.4. The Hall–Kier alpha value is -12.1. The maximum absolute atomic E-state index is 17.2. The van der Waals surface area contributed by atoms with Gasteiger partial charge >= 0.3 is 0 Å². The van der Waals surface area contributed by atoms with Gasteiger partial charge in [-0.2, -0.15) is 0 Å². The number of hydrogen-bond acceptors (Lipinski definition) is 34. The number of aliphatic hydroxyl groups is 10. The number of unbranched alkanes of at least 4 members (excludes halogenated alkanes) is 3. The molecule has 0 radical (unpaired) electrons. The molecule has 25 N–H and O–H groups in total. The van der Waals surface area contributed by atoms with E-state index in [1.54, 1.807) is 19.0 Å². The van der Waals surface area contributed by atoms with E-state index in [2.05, 4.69) is 61.7 Å². The van der Waals surface area contributed by atoms with Crippen LogP contribution >= 0.6 is 23.2 Å². The second-order valence-corrected chi connectivity index (χ2v) is 36.1. The van der Waals surface area contributed by atoms with Crippen molar-refractivity contribution in [2.75, 3.05) is 47.0 Å². The van der Waals surface area contributed by atoms with E-state index in [1.807, 2.05) is 0 Å². The molecule has 3 saturated heterocycles. The number of fused-ring (bicyclic) bond motifs is 14. The largest absolute Gasteiger partial charge is 0.508 e. The molecule has 17 bridgehead atoms. The smallest absolute Gasteiger partial charge is 0.248 e. The number of aromatic hydroxyl groups is 4. The van der Waals surface area contributed by atoms with Crippen molar-refractivity contribution in [2.45, 2.75) is 213 Å². The molecule has 0 spiro atoms. The van der Waals surface area contributed by atoms with Gasteiger partial charge in [-0.15, -0.1) is 0 Å². The first-order chi connectivity index (χ1) is 65.8. The molecule has 0 aliphatic carbocycles. The topological polar surface area (TPSA) is 657 Å². The predicted octanol–water partition coefficient (Wildman–Crippen LogP) is 1.00. The van der Waals surface area contributed by atoms with Crippen LogP contribution in [-0.2, 0) is 68.5 Å². The molecule has 0 aromatic heterocycles. The van der Waals surface area contributed by atoms with Gasteiger partial charge in [0.2, 0.25) is 71.5 Å². The van der Waals surface area contributed by atoms with E-state index in [9.17, 15) is 85.9 Å². The highest BCUT2D eigenvalue weighted by Crippen LogP contribution is 2.51. The third-order valence-corrected chi connectivity index (χ3v) is 25.1. The number of halogens is 2. The Labute approximate surface area is 798 Å². The first-order valence-electron chi connectivity index (χ1n) is 44.5. The fourth-order valence-electron chi connectivity index (χ4n) is 17.2. The number of rotatable bonds is 23. The summed E-state index contributed by atoms with van der Waals surface area (Å²) in [4.78, 5) is 143. The van der Waals surface area contributed by atoms with Gasteiger partial charge in [0.25, 0.3) is 0 Å². The number of amides is 9.